The van der Waals surface area contributed by atoms with E-state index in [4.69, 9.17) is 13.3 Å². The Kier molecular flexibility index (Phi) is 7.07. The van der Waals surface area contributed by atoms with Crippen LogP contribution in [0.3, 0.4) is 0 Å². The molecule has 0 aliphatic rings. The van der Waals surface area contributed by atoms with Crippen LogP contribution in [0.2, 0.25) is 6.04 Å². The number of hydrogen-bond acceptors (Lipinski definition) is 4. The van der Waals surface area contributed by atoms with E-state index in [1.807, 2.05) is 0 Å². The fourth-order valence-corrected chi connectivity index (χ4v) is 3.75. The normalized spacial score (nSPS) is 14.5. The van der Waals surface area contributed by atoms with Crippen LogP contribution in [-0.2, 0) is 13.3 Å². The zero-order chi connectivity index (χ0) is 10.3. The van der Waals surface area contributed by atoms with Gasteiger partial charge in [-0.15, -0.1) is 0 Å². The van der Waals surface area contributed by atoms with Gasteiger partial charge < -0.3 is 13.3 Å². The van der Waals surface area contributed by atoms with Gasteiger partial charge in [0.15, 0.2) is 0 Å². The summed E-state index contributed by atoms with van der Waals surface area (Å²) < 4.78 is 16.0. The number of rotatable bonds is 7. The second-order valence-electron chi connectivity index (χ2n) is 3.12. The second kappa shape index (κ2) is 6.84. The molecule has 0 saturated heterocycles. The highest BCUT2D eigenvalue weighted by atomic mass is 32.1. The third kappa shape index (κ3) is 4.46. The van der Waals surface area contributed by atoms with Crippen molar-refractivity contribution in [3.63, 3.8) is 0 Å². The van der Waals surface area contributed by atoms with E-state index in [0.717, 1.165) is 18.2 Å². The van der Waals surface area contributed by atoms with Gasteiger partial charge in [-0.3, -0.25) is 0 Å². The fraction of sp³-hybridized carbons (Fsp3) is 1.00. The molecule has 0 amide bonds. The number of hydrogen-bond donors (Lipinski definition) is 1. The Hall–Kier alpha value is 0.447. The highest BCUT2D eigenvalue weighted by Crippen LogP contribution is 2.21. The Balaban J connectivity index is 4.07. The van der Waals surface area contributed by atoms with E-state index in [2.05, 4.69) is 19.6 Å². The minimum atomic E-state index is -2.35. The maximum absolute atomic E-state index is 5.32. The molecule has 0 aromatic rings. The summed E-state index contributed by atoms with van der Waals surface area (Å²) in [6, 6.07) is 0.858. The first-order chi connectivity index (χ1) is 6.14. The minimum absolute atomic E-state index is 0.531. The van der Waals surface area contributed by atoms with Crippen molar-refractivity contribution < 1.29 is 13.3 Å². The van der Waals surface area contributed by atoms with Crippen molar-refractivity contribution in [2.75, 3.05) is 27.1 Å². The standard InChI is InChI=1S/C8H20O3SSi/c1-8(5-6-12)7-13(9-2,10-3)11-4/h8,12H,5-7H2,1-4H3. The van der Waals surface area contributed by atoms with Gasteiger partial charge in [0.1, 0.15) is 0 Å². The van der Waals surface area contributed by atoms with Crippen molar-refractivity contribution in [2.24, 2.45) is 5.92 Å². The van der Waals surface area contributed by atoms with Crippen LogP contribution in [0.25, 0.3) is 0 Å². The molecule has 0 aromatic carbocycles. The molecule has 0 aliphatic heterocycles. The van der Waals surface area contributed by atoms with Crippen LogP contribution >= 0.6 is 12.6 Å². The van der Waals surface area contributed by atoms with Crippen LogP contribution in [0.4, 0.5) is 0 Å². The van der Waals surface area contributed by atoms with Crippen molar-refractivity contribution in [3.05, 3.63) is 0 Å². The Bertz CT molecular complexity index is 122. The van der Waals surface area contributed by atoms with E-state index in [-0.39, 0.29) is 0 Å². The molecular weight excluding hydrogens is 204 g/mol. The monoisotopic (exact) mass is 224 g/mol. The summed E-state index contributed by atoms with van der Waals surface area (Å²) in [5.74, 6) is 1.42. The van der Waals surface area contributed by atoms with Crippen molar-refractivity contribution in [3.8, 4) is 0 Å². The van der Waals surface area contributed by atoms with Gasteiger partial charge in [-0.1, -0.05) is 6.92 Å². The molecule has 0 aliphatic carbocycles. The topological polar surface area (TPSA) is 27.7 Å². The summed E-state index contributed by atoms with van der Waals surface area (Å²) in [6.07, 6.45) is 1.06. The highest BCUT2D eigenvalue weighted by Gasteiger charge is 2.38. The van der Waals surface area contributed by atoms with Crippen molar-refractivity contribution in [2.45, 2.75) is 19.4 Å². The third-order valence-electron chi connectivity index (χ3n) is 2.15. The summed E-state index contributed by atoms with van der Waals surface area (Å²) in [7, 11) is 2.58. The number of thiol groups is 1. The van der Waals surface area contributed by atoms with Gasteiger partial charge in [0.2, 0.25) is 0 Å². The van der Waals surface area contributed by atoms with Gasteiger partial charge in [-0.05, 0) is 18.1 Å². The van der Waals surface area contributed by atoms with E-state index >= 15 is 0 Å². The lowest BCUT2D eigenvalue weighted by Gasteiger charge is -2.26. The molecule has 1 atom stereocenters. The first kappa shape index (κ1) is 13.4. The summed E-state index contributed by atoms with van der Waals surface area (Å²) in [5, 5.41) is 0. The van der Waals surface area contributed by atoms with E-state index < -0.39 is 8.80 Å². The summed E-state index contributed by atoms with van der Waals surface area (Å²) in [4.78, 5) is 0. The maximum atomic E-state index is 5.32. The van der Waals surface area contributed by atoms with E-state index in [9.17, 15) is 0 Å². The molecule has 1 unspecified atom stereocenters. The van der Waals surface area contributed by atoms with Gasteiger partial charge >= 0.3 is 8.80 Å². The van der Waals surface area contributed by atoms with Crippen LogP contribution in [-0.4, -0.2) is 35.9 Å². The zero-order valence-corrected chi connectivity index (χ0v) is 10.8. The van der Waals surface area contributed by atoms with Crippen molar-refractivity contribution in [1.29, 1.82) is 0 Å². The smallest absolute Gasteiger partial charge is 0.377 e. The summed E-state index contributed by atoms with van der Waals surface area (Å²) >= 11 is 4.19. The molecule has 0 N–H and O–H groups in total. The van der Waals surface area contributed by atoms with Crippen LogP contribution < -0.4 is 0 Å². The molecule has 0 fully saturated rings. The predicted octanol–water partition coefficient (Wildman–Crippen LogP) is 1.82. The van der Waals surface area contributed by atoms with Crippen LogP contribution in [0, 0.1) is 5.92 Å². The first-order valence-electron chi connectivity index (χ1n) is 4.40. The average molecular weight is 224 g/mol. The molecule has 3 nitrogen and oxygen atoms in total. The summed E-state index contributed by atoms with van der Waals surface area (Å²) in [5.41, 5.74) is 0. The van der Waals surface area contributed by atoms with E-state index in [1.54, 1.807) is 21.3 Å². The van der Waals surface area contributed by atoms with Crippen LogP contribution in [0.5, 0.6) is 0 Å². The molecule has 0 bridgehead atoms. The molecule has 0 saturated carbocycles. The lowest BCUT2D eigenvalue weighted by Crippen LogP contribution is -2.44. The van der Waals surface area contributed by atoms with Crippen molar-refractivity contribution >= 4 is 21.4 Å². The zero-order valence-electron chi connectivity index (χ0n) is 8.87. The van der Waals surface area contributed by atoms with Gasteiger partial charge in [0.05, 0.1) is 0 Å². The molecular formula is C8H20O3SSi. The molecule has 0 radical (unpaired) electrons. The van der Waals surface area contributed by atoms with Gasteiger partial charge in [0.25, 0.3) is 0 Å². The Morgan fingerprint density at radius 2 is 1.62 bits per heavy atom. The lowest BCUT2D eigenvalue weighted by molar-refractivity contribution is 0.118. The highest BCUT2D eigenvalue weighted by molar-refractivity contribution is 7.80. The quantitative estimate of drug-likeness (QED) is 0.528. The van der Waals surface area contributed by atoms with Gasteiger partial charge in [-0.2, -0.15) is 12.6 Å². The molecule has 0 spiro atoms. The van der Waals surface area contributed by atoms with Gasteiger partial charge in [-0.25, -0.2) is 0 Å². The fourth-order valence-electron chi connectivity index (χ4n) is 1.25. The van der Waals surface area contributed by atoms with E-state index in [1.165, 1.54) is 0 Å². The maximum Gasteiger partial charge on any atom is 0.500 e. The summed E-state index contributed by atoms with van der Waals surface area (Å²) in [6.45, 7) is 2.16. The molecule has 0 aromatic heterocycles. The molecule has 0 rings (SSSR count). The molecule has 5 heteroatoms. The van der Waals surface area contributed by atoms with Crippen molar-refractivity contribution in [1.82, 2.24) is 0 Å². The third-order valence-corrected chi connectivity index (χ3v) is 5.47. The minimum Gasteiger partial charge on any atom is -0.377 e. The van der Waals surface area contributed by atoms with Gasteiger partial charge in [0, 0.05) is 27.4 Å². The van der Waals surface area contributed by atoms with Crippen LogP contribution in [0.1, 0.15) is 13.3 Å². The lowest BCUT2D eigenvalue weighted by atomic mass is 10.2. The molecule has 13 heavy (non-hydrogen) atoms. The van der Waals surface area contributed by atoms with Crippen LogP contribution in [0.15, 0.2) is 0 Å². The predicted molar refractivity (Wildman–Crippen MR) is 59.2 cm³/mol. The Labute approximate surface area is 87.5 Å². The molecule has 80 valence electrons. The Morgan fingerprint density at radius 3 is 1.92 bits per heavy atom. The largest absolute Gasteiger partial charge is 0.500 e. The SMILES string of the molecule is CO[Si](CC(C)CCS)(OC)OC. The first-order valence-corrected chi connectivity index (χ1v) is 6.97. The Morgan fingerprint density at radius 1 is 1.15 bits per heavy atom. The van der Waals surface area contributed by atoms with E-state index in [0.29, 0.717) is 5.92 Å². The second-order valence-corrected chi connectivity index (χ2v) is 6.56. The average Bonchev–Trinajstić information content (AvgIpc) is 2.15. The molecule has 0 heterocycles.